The van der Waals surface area contributed by atoms with Crippen LogP contribution in [0, 0.1) is 0 Å². The van der Waals surface area contributed by atoms with Crippen LogP contribution in [0.2, 0.25) is 0 Å². The van der Waals surface area contributed by atoms with Gasteiger partial charge in [0.05, 0.1) is 23.7 Å². The lowest BCUT2D eigenvalue weighted by molar-refractivity contribution is -0.137. The second-order valence-corrected chi connectivity index (χ2v) is 8.91. The van der Waals surface area contributed by atoms with E-state index in [0.717, 1.165) is 12.1 Å². The molecule has 0 spiro atoms. The zero-order valence-electron chi connectivity index (χ0n) is 17.4. The van der Waals surface area contributed by atoms with E-state index in [-0.39, 0.29) is 16.3 Å². The molecular formula is C22H18F3N3O5S. The average molecular weight is 493 g/mol. The van der Waals surface area contributed by atoms with Crippen molar-refractivity contribution in [1.82, 2.24) is 4.98 Å². The smallest absolute Gasteiger partial charge is 0.417 e. The molecule has 0 fully saturated rings. The first-order valence-electron chi connectivity index (χ1n) is 9.99. The van der Waals surface area contributed by atoms with Gasteiger partial charge < -0.3 is 14.8 Å². The van der Waals surface area contributed by atoms with Gasteiger partial charge in [-0.15, -0.1) is 0 Å². The average Bonchev–Trinajstić information content (AvgIpc) is 3.04. The molecule has 0 atom stereocenters. The molecule has 0 bridgehead atoms. The molecule has 4 rings (SSSR count). The third kappa shape index (κ3) is 5.39. The highest BCUT2D eigenvalue weighted by Gasteiger charge is 2.31. The van der Waals surface area contributed by atoms with Gasteiger partial charge in [0.1, 0.15) is 5.69 Å². The van der Waals surface area contributed by atoms with Crippen LogP contribution in [0.4, 0.5) is 24.5 Å². The minimum Gasteiger partial charge on any atom is -0.490 e. The van der Waals surface area contributed by atoms with Crippen LogP contribution in [0.1, 0.15) is 22.5 Å². The zero-order valence-corrected chi connectivity index (χ0v) is 18.2. The first-order valence-corrected chi connectivity index (χ1v) is 11.5. The summed E-state index contributed by atoms with van der Waals surface area (Å²) in [5.41, 5.74) is -0.635. The molecule has 2 aromatic carbocycles. The quantitative estimate of drug-likeness (QED) is 0.549. The summed E-state index contributed by atoms with van der Waals surface area (Å²) in [6.07, 6.45) is -3.29. The number of halogens is 3. The molecular weight excluding hydrogens is 475 g/mol. The molecule has 1 amide bonds. The Labute approximate surface area is 192 Å². The number of hydrogen-bond acceptors (Lipinski definition) is 6. The van der Waals surface area contributed by atoms with Crippen LogP contribution in [0.15, 0.2) is 65.7 Å². The molecule has 34 heavy (non-hydrogen) atoms. The fourth-order valence-corrected chi connectivity index (χ4v) is 4.11. The van der Waals surface area contributed by atoms with Gasteiger partial charge in [0, 0.05) is 30.1 Å². The Hall–Kier alpha value is -3.80. The van der Waals surface area contributed by atoms with Gasteiger partial charge in [-0.25, -0.2) is 8.42 Å². The van der Waals surface area contributed by atoms with Crippen molar-refractivity contribution in [3.63, 3.8) is 0 Å². The fraction of sp³-hybridized carbons (Fsp3) is 0.182. The van der Waals surface area contributed by atoms with Gasteiger partial charge in [-0.3, -0.25) is 14.5 Å². The molecule has 1 aliphatic heterocycles. The molecule has 0 radical (unpaired) electrons. The van der Waals surface area contributed by atoms with Gasteiger partial charge in [0.25, 0.3) is 15.9 Å². The first kappa shape index (κ1) is 23.4. The van der Waals surface area contributed by atoms with Gasteiger partial charge in [0.15, 0.2) is 11.5 Å². The van der Waals surface area contributed by atoms with Crippen LogP contribution in [0.25, 0.3) is 0 Å². The summed E-state index contributed by atoms with van der Waals surface area (Å²) in [6, 6.07) is 11.8. The molecule has 0 aliphatic carbocycles. The maximum atomic E-state index is 12.8. The standard InChI is InChI=1S/C22H18F3N3O5S/c23-22(24,25)14-2-8-18(26-13-14)21(29)27-15-3-5-16(6-4-15)28-34(30,31)17-7-9-19-20(12-17)33-11-1-10-32-19/h2-9,12-13,28H,1,10-11H2,(H,27,29). The summed E-state index contributed by atoms with van der Waals surface area (Å²) < 4.78 is 76.8. The number of nitrogens with zero attached hydrogens (tertiary/aromatic N) is 1. The van der Waals surface area contributed by atoms with Crippen LogP contribution in [0.3, 0.4) is 0 Å². The SMILES string of the molecule is O=C(Nc1ccc(NS(=O)(=O)c2ccc3c(c2)OCCCO3)cc1)c1ccc(C(F)(F)F)cn1. The van der Waals surface area contributed by atoms with Crippen molar-refractivity contribution >= 4 is 27.3 Å². The molecule has 0 unspecified atom stereocenters. The Morgan fingerprint density at radius 3 is 2.24 bits per heavy atom. The third-order valence-electron chi connectivity index (χ3n) is 4.75. The number of sulfonamides is 1. The number of benzene rings is 2. The maximum absolute atomic E-state index is 12.8. The molecule has 1 aromatic heterocycles. The van der Waals surface area contributed by atoms with Crippen LogP contribution < -0.4 is 19.5 Å². The first-order chi connectivity index (χ1) is 16.1. The highest BCUT2D eigenvalue weighted by molar-refractivity contribution is 7.92. The maximum Gasteiger partial charge on any atom is 0.417 e. The van der Waals surface area contributed by atoms with Gasteiger partial charge >= 0.3 is 6.18 Å². The zero-order chi connectivity index (χ0) is 24.3. The molecule has 0 saturated carbocycles. The van der Waals surface area contributed by atoms with E-state index in [9.17, 15) is 26.4 Å². The van der Waals surface area contributed by atoms with Crippen molar-refractivity contribution < 1.29 is 35.9 Å². The minimum absolute atomic E-state index is 0.0116. The summed E-state index contributed by atoms with van der Waals surface area (Å²) in [6.45, 7) is 0.897. The molecule has 178 valence electrons. The minimum atomic E-state index is -4.55. The molecule has 3 aromatic rings. The molecule has 12 heteroatoms. The lowest BCUT2D eigenvalue weighted by atomic mass is 10.2. The Morgan fingerprint density at radius 2 is 1.59 bits per heavy atom. The molecule has 8 nitrogen and oxygen atoms in total. The number of fused-ring (bicyclic) bond motifs is 1. The monoisotopic (exact) mass is 493 g/mol. The highest BCUT2D eigenvalue weighted by atomic mass is 32.2. The number of ether oxygens (including phenoxy) is 2. The van der Waals surface area contributed by atoms with E-state index < -0.39 is 27.7 Å². The number of carbonyl (C=O) groups is 1. The van der Waals surface area contributed by atoms with Crippen molar-refractivity contribution in [3.8, 4) is 11.5 Å². The van der Waals surface area contributed by atoms with E-state index in [0.29, 0.717) is 43.0 Å². The van der Waals surface area contributed by atoms with Crippen LogP contribution >= 0.6 is 0 Å². The predicted octanol–water partition coefficient (Wildman–Crippen LogP) is 4.31. The van der Waals surface area contributed by atoms with E-state index in [1.807, 2.05) is 0 Å². The van der Waals surface area contributed by atoms with Crippen molar-refractivity contribution in [1.29, 1.82) is 0 Å². The Morgan fingerprint density at radius 1 is 0.912 bits per heavy atom. The number of hydrogen-bond donors (Lipinski definition) is 2. The van der Waals surface area contributed by atoms with E-state index in [2.05, 4.69) is 15.0 Å². The number of rotatable bonds is 5. The van der Waals surface area contributed by atoms with Gasteiger partial charge in [-0.2, -0.15) is 13.2 Å². The van der Waals surface area contributed by atoms with E-state index in [1.54, 1.807) is 0 Å². The van der Waals surface area contributed by atoms with Crippen LogP contribution in [-0.2, 0) is 16.2 Å². The molecule has 1 aliphatic rings. The van der Waals surface area contributed by atoms with Crippen molar-refractivity contribution in [2.45, 2.75) is 17.5 Å². The van der Waals surface area contributed by atoms with E-state index >= 15 is 0 Å². The Bertz CT molecular complexity index is 1290. The number of nitrogens with one attached hydrogen (secondary N) is 2. The molecule has 0 saturated heterocycles. The van der Waals surface area contributed by atoms with E-state index in [1.165, 1.54) is 42.5 Å². The number of carbonyl (C=O) groups excluding carboxylic acids is 1. The summed E-state index contributed by atoms with van der Waals surface area (Å²) in [4.78, 5) is 15.8. The largest absolute Gasteiger partial charge is 0.490 e. The lowest BCUT2D eigenvalue weighted by Gasteiger charge is -2.12. The Kier molecular flexibility index (Phi) is 6.33. The summed E-state index contributed by atoms with van der Waals surface area (Å²) in [7, 11) is -3.93. The Balaban J connectivity index is 1.42. The van der Waals surface area contributed by atoms with Crippen molar-refractivity contribution in [2.24, 2.45) is 0 Å². The number of pyridine rings is 1. The molecule has 2 heterocycles. The molecule has 2 N–H and O–H groups in total. The van der Waals surface area contributed by atoms with Crippen LogP contribution in [-0.4, -0.2) is 32.5 Å². The highest BCUT2D eigenvalue weighted by Crippen LogP contribution is 2.32. The van der Waals surface area contributed by atoms with Crippen LogP contribution in [0.5, 0.6) is 11.5 Å². The second kappa shape index (κ2) is 9.21. The number of anilines is 2. The third-order valence-corrected chi connectivity index (χ3v) is 6.13. The summed E-state index contributed by atoms with van der Waals surface area (Å²) in [5, 5.41) is 2.49. The van der Waals surface area contributed by atoms with Gasteiger partial charge in [-0.1, -0.05) is 0 Å². The fourth-order valence-electron chi connectivity index (χ4n) is 3.04. The van der Waals surface area contributed by atoms with Crippen molar-refractivity contribution in [2.75, 3.05) is 23.3 Å². The number of aromatic nitrogens is 1. The number of alkyl halides is 3. The topological polar surface area (TPSA) is 107 Å². The summed E-state index contributed by atoms with van der Waals surface area (Å²) in [5.74, 6) is 0.101. The van der Waals surface area contributed by atoms with Crippen molar-refractivity contribution in [3.05, 3.63) is 72.1 Å². The summed E-state index contributed by atoms with van der Waals surface area (Å²) >= 11 is 0. The lowest BCUT2D eigenvalue weighted by Crippen LogP contribution is -2.15. The normalized spacial score (nSPS) is 13.6. The van der Waals surface area contributed by atoms with E-state index in [4.69, 9.17) is 9.47 Å². The van der Waals surface area contributed by atoms with Gasteiger partial charge in [0.2, 0.25) is 0 Å². The predicted molar refractivity (Wildman–Crippen MR) is 116 cm³/mol. The second-order valence-electron chi connectivity index (χ2n) is 7.23. The number of amides is 1. The van der Waals surface area contributed by atoms with Gasteiger partial charge in [-0.05, 0) is 48.5 Å².